The average Bonchev–Trinajstić information content (AvgIpc) is 3.64. The van der Waals surface area contributed by atoms with Crippen molar-refractivity contribution in [3.05, 3.63) is 94.9 Å². The third kappa shape index (κ3) is 4.33. The highest BCUT2D eigenvalue weighted by Crippen LogP contribution is 2.78. The summed E-state index contributed by atoms with van der Waals surface area (Å²) in [5, 5.41) is 25.0. The predicted octanol–water partition coefficient (Wildman–Crippen LogP) is 8.63. The van der Waals surface area contributed by atoms with Gasteiger partial charge in [-0.05, 0) is 124 Å². The molecule has 1 aliphatic heterocycles. The van der Waals surface area contributed by atoms with Gasteiger partial charge in [-0.2, -0.15) is 0 Å². The lowest BCUT2D eigenvalue weighted by Crippen LogP contribution is -2.67. The second-order valence-electron chi connectivity index (χ2n) is 17.2. The highest BCUT2D eigenvalue weighted by atomic mass is 32.1. The van der Waals surface area contributed by atoms with Crippen LogP contribution in [-0.2, 0) is 6.42 Å². The van der Waals surface area contributed by atoms with E-state index in [1.54, 1.807) is 11.3 Å². The number of hydrogen-bond donors (Lipinski definition) is 2. The summed E-state index contributed by atoms with van der Waals surface area (Å²) in [5.41, 5.74) is 0.638. The number of carbonyl (C=O) groups excluding carboxylic acids is 1. The fourth-order valence-corrected chi connectivity index (χ4v) is 13.5. The van der Waals surface area contributed by atoms with E-state index < -0.39 is 11.0 Å². The molecule has 1 aromatic heterocycles. The Morgan fingerprint density at radius 1 is 0.875 bits per heavy atom. The first kappa shape index (κ1) is 31.4. The minimum absolute atomic E-state index is 0.00635. The summed E-state index contributed by atoms with van der Waals surface area (Å²) in [6.07, 6.45) is 16.7. The van der Waals surface area contributed by atoms with Gasteiger partial charge in [0, 0.05) is 33.1 Å². The Bertz CT molecular complexity index is 1770. The topological polar surface area (TPSA) is 60.8 Å². The van der Waals surface area contributed by atoms with Crippen molar-refractivity contribution in [1.29, 1.82) is 0 Å². The van der Waals surface area contributed by atoms with Crippen molar-refractivity contribution in [1.82, 2.24) is 4.90 Å². The van der Waals surface area contributed by atoms with E-state index in [4.69, 9.17) is 0 Å². The number of fused-ring (bicyclic) bond motifs is 2. The minimum Gasteiger partial charge on any atom is -0.393 e. The third-order valence-corrected chi connectivity index (χ3v) is 16.3. The smallest absolute Gasteiger partial charge is 0.199 e. The van der Waals surface area contributed by atoms with Crippen LogP contribution in [0, 0.1) is 39.4 Å². The summed E-state index contributed by atoms with van der Waals surface area (Å²) in [7, 11) is 0. The number of aliphatic hydroxyl groups excluding tert-OH is 1. The number of rotatable bonds is 6. The summed E-state index contributed by atoms with van der Waals surface area (Å²) in [4.78, 5) is 18.4. The fourth-order valence-electron chi connectivity index (χ4n) is 12.5. The van der Waals surface area contributed by atoms with E-state index in [0.717, 1.165) is 85.1 Å². The zero-order chi connectivity index (χ0) is 32.9. The number of piperidine rings is 1. The maximum absolute atomic E-state index is 15.0. The Morgan fingerprint density at radius 2 is 1.58 bits per heavy atom. The molecule has 2 aromatic carbocycles. The molecule has 0 radical (unpaired) electrons. The molecule has 5 heteroatoms. The summed E-state index contributed by atoms with van der Waals surface area (Å²) < 4.78 is 1.15. The lowest BCUT2D eigenvalue weighted by atomic mass is 9.32. The van der Waals surface area contributed by atoms with E-state index in [-0.39, 0.29) is 34.1 Å². The highest BCUT2D eigenvalue weighted by molar-refractivity contribution is 7.21. The van der Waals surface area contributed by atoms with Crippen LogP contribution in [0.5, 0.6) is 0 Å². The van der Waals surface area contributed by atoms with Crippen LogP contribution in [0.3, 0.4) is 0 Å². The van der Waals surface area contributed by atoms with Crippen molar-refractivity contribution in [2.75, 3.05) is 19.6 Å². The van der Waals surface area contributed by atoms with Crippen LogP contribution < -0.4 is 0 Å². The molecule has 8 atom stereocenters. The summed E-state index contributed by atoms with van der Waals surface area (Å²) >= 11 is 1.62. The van der Waals surface area contributed by atoms with Gasteiger partial charge in [-0.25, -0.2) is 0 Å². The standard InChI is InChI=1S/C43H51NO3S/c1-39-17-12-32(45)26-41(39)20-21-43(33(27-41)38(46)35-25-31-10-6-7-11-34(31)48-35)36(39)13-18-40(2)37(43)14-19-42(40,47)28-44-22-15-30(16-23-44)24-29-8-4-3-5-9-29/h3-11,20-21,25,27,30,32,36-37,45,47H,12-19,22-24,26,28H2,1-2H3/t32?,36-,37-,39-,40+,41+,42-,43-/m1/s1. The Hall–Kier alpha value is -2.57. The lowest BCUT2D eigenvalue weighted by molar-refractivity contribution is -0.176. The van der Waals surface area contributed by atoms with Gasteiger partial charge in [0.2, 0.25) is 0 Å². The number of β-amino-alcohol motifs (C(OH)–C–C–N with tert-alkyl or cyclic N) is 1. The molecule has 2 spiro atoms. The summed E-state index contributed by atoms with van der Waals surface area (Å²) in [6, 6.07) is 21.3. The zero-order valence-electron chi connectivity index (χ0n) is 28.7. The quantitative estimate of drug-likeness (QED) is 0.205. The van der Waals surface area contributed by atoms with Crippen LogP contribution in [-0.4, -0.2) is 52.2 Å². The van der Waals surface area contributed by atoms with E-state index in [1.165, 1.54) is 18.4 Å². The number of allylic oxidation sites excluding steroid dienone is 4. The Labute approximate surface area is 289 Å². The average molecular weight is 662 g/mol. The van der Waals surface area contributed by atoms with Gasteiger partial charge in [0.15, 0.2) is 5.78 Å². The van der Waals surface area contributed by atoms with Crippen molar-refractivity contribution >= 4 is 27.2 Å². The number of thiophene rings is 1. The zero-order valence-corrected chi connectivity index (χ0v) is 29.5. The molecule has 2 bridgehead atoms. The predicted molar refractivity (Wildman–Crippen MR) is 194 cm³/mol. The van der Waals surface area contributed by atoms with Gasteiger partial charge < -0.3 is 15.1 Å². The van der Waals surface area contributed by atoms with E-state index in [9.17, 15) is 15.0 Å². The highest BCUT2D eigenvalue weighted by Gasteiger charge is 2.74. The molecular formula is C43H51NO3S. The molecule has 2 heterocycles. The van der Waals surface area contributed by atoms with Crippen LogP contribution in [0.4, 0.5) is 0 Å². The molecule has 1 saturated heterocycles. The lowest BCUT2D eigenvalue weighted by Gasteiger charge is -2.71. The van der Waals surface area contributed by atoms with Crippen LogP contribution >= 0.6 is 11.3 Å². The molecule has 4 fully saturated rings. The Balaban J connectivity index is 1.05. The number of ketones is 1. The molecule has 4 nitrogen and oxygen atoms in total. The molecule has 0 amide bonds. The van der Waals surface area contributed by atoms with Gasteiger partial charge in [0.05, 0.1) is 16.6 Å². The number of likely N-dealkylation sites (tertiary alicyclic amines) is 1. The second-order valence-corrected chi connectivity index (χ2v) is 18.3. The molecule has 3 saturated carbocycles. The number of nitrogens with zero attached hydrogens (tertiary/aromatic N) is 1. The fraction of sp³-hybridized carbons (Fsp3) is 0.558. The van der Waals surface area contributed by atoms with Crippen LogP contribution in [0.2, 0.25) is 0 Å². The monoisotopic (exact) mass is 661 g/mol. The SMILES string of the molecule is C[C@]12CC[C@H]3[C@]4(C=C[C@@]5(C=C4C(=O)c4cc6ccccc6s4)CC(O)CC[C@]35C)[C@@H]1CC[C@@]2(O)CN1CCC(Cc2ccccc2)CC1. The first-order chi connectivity index (χ1) is 23.1. The normalized spacial score (nSPS) is 40.8. The first-order valence-electron chi connectivity index (χ1n) is 18.7. The second kappa shape index (κ2) is 11.0. The largest absolute Gasteiger partial charge is 0.393 e. The van der Waals surface area contributed by atoms with Crippen molar-refractivity contribution in [2.45, 2.75) is 89.8 Å². The molecular weight excluding hydrogens is 611 g/mol. The molecule has 2 N–H and O–H groups in total. The Kier molecular flexibility index (Phi) is 7.17. The van der Waals surface area contributed by atoms with E-state index in [0.29, 0.717) is 18.3 Å². The van der Waals surface area contributed by atoms with Gasteiger partial charge in [0.25, 0.3) is 0 Å². The van der Waals surface area contributed by atoms with Crippen LogP contribution in [0.25, 0.3) is 10.1 Å². The number of carbonyl (C=O) groups is 1. The Morgan fingerprint density at radius 3 is 2.38 bits per heavy atom. The molecule has 252 valence electrons. The van der Waals surface area contributed by atoms with Gasteiger partial charge in [-0.15, -0.1) is 11.3 Å². The third-order valence-electron chi connectivity index (χ3n) is 15.2. The number of aliphatic hydroxyl groups is 2. The maximum Gasteiger partial charge on any atom is 0.199 e. The summed E-state index contributed by atoms with van der Waals surface area (Å²) in [6.45, 7) is 7.69. The molecule has 6 aliphatic carbocycles. The number of Topliss-reactive ketones (excluding diaryl/α,β-unsaturated/α-hetero) is 1. The van der Waals surface area contributed by atoms with Crippen molar-refractivity contribution in [2.24, 2.45) is 39.4 Å². The van der Waals surface area contributed by atoms with E-state index in [1.807, 2.05) is 6.07 Å². The molecule has 1 unspecified atom stereocenters. The van der Waals surface area contributed by atoms with Gasteiger partial charge >= 0.3 is 0 Å². The molecule has 10 rings (SSSR count). The van der Waals surface area contributed by atoms with Crippen molar-refractivity contribution < 1.29 is 15.0 Å². The van der Waals surface area contributed by atoms with Gasteiger partial charge in [0.1, 0.15) is 0 Å². The van der Waals surface area contributed by atoms with Crippen molar-refractivity contribution in [3.63, 3.8) is 0 Å². The number of hydrogen-bond acceptors (Lipinski definition) is 5. The van der Waals surface area contributed by atoms with E-state index in [2.05, 4.69) is 91.6 Å². The van der Waals surface area contributed by atoms with Crippen molar-refractivity contribution in [3.8, 4) is 0 Å². The minimum atomic E-state index is -0.779. The molecule has 7 aliphatic rings. The number of benzene rings is 2. The van der Waals surface area contributed by atoms with Gasteiger partial charge in [-0.1, -0.05) is 80.6 Å². The first-order valence-corrected chi connectivity index (χ1v) is 19.5. The maximum atomic E-state index is 15.0. The van der Waals surface area contributed by atoms with Crippen LogP contribution in [0.1, 0.15) is 86.9 Å². The summed E-state index contributed by atoms with van der Waals surface area (Å²) in [5.74, 6) is 1.41. The molecule has 48 heavy (non-hydrogen) atoms. The van der Waals surface area contributed by atoms with Crippen LogP contribution in [0.15, 0.2) is 84.5 Å². The van der Waals surface area contributed by atoms with Gasteiger partial charge in [-0.3, -0.25) is 4.79 Å². The van der Waals surface area contributed by atoms with E-state index >= 15 is 0 Å². The molecule has 3 aromatic rings.